The van der Waals surface area contributed by atoms with Crippen LogP contribution in [-0.2, 0) is 6.54 Å². The predicted molar refractivity (Wildman–Crippen MR) is 72.4 cm³/mol. The molecule has 0 spiro atoms. The number of para-hydroxylation sites is 1. The van der Waals surface area contributed by atoms with Crippen molar-refractivity contribution < 1.29 is 0 Å². The number of imidazole rings is 1. The maximum atomic E-state index is 4.62. The molecule has 0 bridgehead atoms. The predicted octanol–water partition coefficient (Wildman–Crippen LogP) is 2.88. The zero-order valence-corrected chi connectivity index (χ0v) is 10.1. The Morgan fingerprint density at radius 2 is 2.17 bits per heavy atom. The number of fused-ring (bicyclic) bond motifs is 1. The van der Waals surface area contributed by atoms with Crippen LogP contribution in [-0.4, -0.2) is 15.0 Å². The molecule has 3 rings (SSSR count). The van der Waals surface area contributed by atoms with Gasteiger partial charge in [-0.1, -0.05) is 18.2 Å². The molecule has 3 aromatic rings. The second-order valence-electron chi connectivity index (χ2n) is 4.24. The quantitative estimate of drug-likeness (QED) is 0.737. The molecule has 0 atom stereocenters. The number of aromatic amines is 1. The second kappa shape index (κ2) is 4.49. The number of nitrogens with zero attached hydrogens (tertiary/aromatic N) is 2. The topological polar surface area (TPSA) is 53.6 Å². The Morgan fingerprint density at radius 1 is 1.28 bits per heavy atom. The van der Waals surface area contributed by atoms with Gasteiger partial charge in [-0.05, 0) is 24.6 Å². The number of nitrogens with one attached hydrogen (secondary N) is 2. The summed E-state index contributed by atoms with van der Waals surface area (Å²) in [4.78, 5) is 11.9. The van der Waals surface area contributed by atoms with Crippen LogP contribution in [0.4, 0.5) is 5.82 Å². The van der Waals surface area contributed by atoms with Crippen LogP contribution in [0.2, 0.25) is 0 Å². The first kappa shape index (κ1) is 10.8. The first-order chi connectivity index (χ1) is 8.83. The molecular formula is C14H14N4. The molecule has 0 aliphatic carbocycles. The Morgan fingerprint density at radius 3 is 3.00 bits per heavy atom. The summed E-state index contributed by atoms with van der Waals surface area (Å²) in [7, 11) is 0. The number of pyridine rings is 1. The summed E-state index contributed by atoms with van der Waals surface area (Å²) in [5, 5.41) is 4.47. The zero-order chi connectivity index (χ0) is 12.4. The molecule has 2 heterocycles. The summed E-state index contributed by atoms with van der Waals surface area (Å²) in [5.41, 5.74) is 2.14. The van der Waals surface area contributed by atoms with Gasteiger partial charge in [0.15, 0.2) is 0 Å². The van der Waals surface area contributed by atoms with Crippen molar-refractivity contribution in [3.63, 3.8) is 0 Å². The van der Waals surface area contributed by atoms with E-state index in [1.54, 1.807) is 6.20 Å². The third-order valence-electron chi connectivity index (χ3n) is 2.89. The van der Waals surface area contributed by atoms with Crippen molar-refractivity contribution in [2.45, 2.75) is 13.5 Å². The molecule has 2 aromatic heterocycles. The van der Waals surface area contributed by atoms with Gasteiger partial charge in [0, 0.05) is 17.8 Å². The van der Waals surface area contributed by atoms with Crippen LogP contribution in [0.1, 0.15) is 11.4 Å². The third kappa shape index (κ3) is 2.05. The van der Waals surface area contributed by atoms with E-state index in [4.69, 9.17) is 0 Å². The number of hydrogen-bond donors (Lipinski definition) is 2. The Labute approximate surface area is 105 Å². The second-order valence-corrected chi connectivity index (χ2v) is 4.24. The standard InChI is InChI=1S/C14H14N4/c1-10-8-11-4-2-3-5-12(11)18-14(10)17-9-13-15-6-7-16-13/h2-8H,9H2,1H3,(H,15,16)(H,17,18). The molecule has 4 nitrogen and oxygen atoms in total. The summed E-state index contributed by atoms with van der Waals surface area (Å²) in [5.74, 6) is 1.81. The average Bonchev–Trinajstić information content (AvgIpc) is 2.89. The van der Waals surface area contributed by atoms with Crippen LogP contribution in [0.3, 0.4) is 0 Å². The SMILES string of the molecule is Cc1cc2ccccc2nc1NCc1ncc[nH]1. The first-order valence-electron chi connectivity index (χ1n) is 5.91. The number of benzene rings is 1. The van der Waals surface area contributed by atoms with Crippen LogP contribution >= 0.6 is 0 Å². The molecule has 1 aromatic carbocycles. The summed E-state index contributed by atoms with van der Waals surface area (Å²) in [6, 6.07) is 10.3. The van der Waals surface area contributed by atoms with Crippen LogP contribution < -0.4 is 5.32 Å². The molecule has 18 heavy (non-hydrogen) atoms. The van der Waals surface area contributed by atoms with Crippen LogP contribution in [0.15, 0.2) is 42.7 Å². The molecule has 0 radical (unpaired) electrons. The van der Waals surface area contributed by atoms with Gasteiger partial charge in [0.25, 0.3) is 0 Å². The minimum atomic E-state index is 0.652. The van der Waals surface area contributed by atoms with Gasteiger partial charge in [-0.3, -0.25) is 0 Å². The lowest BCUT2D eigenvalue weighted by Gasteiger charge is -2.08. The summed E-state index contributed by atoms with van der Waals surface area (Å²) in [6.07, 6.45) is 3.56. The van der Waals surface area contributed by atoms with Gasteiger partial charge in [-0.15, -0.1) is 0 Å². The molecule has 0 amide bonds. The third-order valence-corrected chi connectivity index (χ3v) is 2.89. The lowest BCUT2D eigenvalue weighted by Crippen LogP contribution is -2.04. The first-order valence-corrected chi connectivity index (χ1v) is 5.91. The fourth-order valence-electron chi connectivity index (χ4n) is 1.96. The van der Waals surface area contributed by atoms with E-state index < -0.39 is 0 Å². The molecular weight excluding hydrogens is 224 g/mol. The van der Waals surface area contributed by atoms with Gasteiger partial charge in [-0.2, -0.15) is 0 Å². The highest BCUT2D eigenvalue weighted by molar-refractivity contribution is 5.81. The Kier molecular flexibility index (Phi) is 2.68. The molecule has 4 heteroatoms. The van der Waals surface area contributed by atoms with Crippen LogP contribution in [0, 0.1) is 6.92 Å². The zero-order valence-electron chi connectivity index (χ0n) is 10.1. The van der Waals surface area contributed by atoms with Gasteiger partial charge in [0.05, 0.1) is 12.1 Å². The van der Waals surface area contributed by atoms with E-state index in [9.17, 15) is 0 Å². The van der Waals surface area contributed by atoms with Crippen molar-refractivity contribution in [2.75, 3.05) is 5.32 Å². The number of H-pyrrole nitrogens is 1. The maximum absolute atomic E-state index is 4.62. The van der Waals surface area contributed by atoms with E-state index in [2.05, 4.69) is 39.3 Å². The monoisotopic (exact) mass is 238 g/mol. The normalized spacial score (nSPS) is 10.7. The number of hydrogen-bond acceptors (Lipinski definition) is 3. The molecule has 0 fully saturated rings. The number of aryl methyl sites for hydroxylation is 1. The smallest absolute Gasteiger partial charge is 0.129 e. The number of rotatable bonds is 3. The maximum Gasteiger partial charge on any atom is 0.129 e. The van der Waals surface area contributed by atoms with E-state index in [-0.39, 0.29) is 0 Å². The van der Waals surface area contributed by atoms with E-state index in [0.29, 0.717) is 6.54 Å². The minimum absolute atomic E-state index is 0.652. The van der Waals surface area contributed by atoms with E-state index >= 15 is 0 Å². The molecule has 2 N–H and O–H groups in total. The molecule has 90 valence electrons. The van der Waals surface area contributed by atoms with E-state index in [0.717, 1.165) is 22.7 Å². The highest BCUT2D eigenvalue weighted by Crippen LogP contribution is 2.19. The van der Waals surface area contributed by atoms with Gasteiger partial charge < -0.3 is 10.3 Å². The van der Waals surface area contributed by atoms with Crippen LogP contribution in [0.5, 0.6) is 0 Å². The van der Waals surface area contributed by atoms with Gasteiger partial charge in [0.1, 0.15) is 11.6 Å². The van der Waals surface area contributed by atoms with Crippen molar-refractivity contribution in [1.29, 1.82) is 0 Å². The van der Waals surface area contributed by atoms with Crippen molar-refractivity contribution in [3.05, 3.63) is 54.1 Å². The fraction of sp³-hybridized carbons (Fsp3) is 0.143. The largest absolute Gasteiger partial charge is 0.363 e. The summed E-state index contributed by atoms with van der Waals surface area (Å²) >= 11 is 0. The Balaban J connectivity index is 1.89. The van der Waals surface area contributed by atoms with E-state index in [1.807, 2.05) is 24.4 Å². The highest BCUT2D eigenvalue weighted by atomic mass is 15.0. The Bertz CT molecular complexity index is 659. The lowest BCUT2D eigenvalue weighted by atomic mass is 10.1. The molecule has 0 aliphatic rings. The average molecular weight is 238 g/mol. The van der Waals surface area contributed by atoms with E-state index in [1.165, 1.54) is 5.39 Å². The van der Waals surface area contributed by atoms with Gasteiger partial charge >= 0.3 is 0 Å². The lowest BCUT2D eigenvalue weighted by molar-refractivity contribution is 0.987. The molecule has 0 saturated heterocycles. The van der Waals surface area contributed by atoms with Crippen molar-refractivity contribution >= 4 is 16.7 Å². The van der Waals surface area contributed by atoms with Crippen molar-refractivity contribution in [3.8, 4) is 0 Å². The van der Waals surface area contributed by atoms with Crippen LogP contribution in [0.25, 0.3) is 10.9 Å². The number of aromatic nitrogens is 3. The minimum Gasteiger partial charge on any atom is -0.363 e. The van der Waals surface area contributed by atoms with Gasteiger partial charge in [0.2, 0.25) is 0 Å². The van der Waals surface area contributed by atoms with Gasteiger partial charge in [-0.25, -0.2) is 9.97 Å². The highest BCUT2D eigenvalue weighted by Gasteiger charge is 2.03. The summed E-state index contributed by atoms with van der Waals surface area (Å²) < 4.78 is 0. The summed E-state index contributed by atoms with van der Waals surface area (Å²) in [6.45, 7) is 2.71. The molecule has 0 saturated carbocycles. The Hall–Kier alpha value is -2.36. The fourth-order valence-corrected chi connectivity index (χ4v) is 1.96. The number of anilines is 1. The van der Waals surface area contributed by atoms with Crippen molar-refractivity contribution in [1.82, 2.24) is 15.0 Å². The van der Waals surface area contributed by atoms with Crippen molar-refractivity contribution in [2.24, 2.45) is 0 Å². The molecule has 0 unspecified atom stereocenters. The molecule has 0 aliphatic heterocycles.